The molecule has 1 aromatic carbocycles. The third-order valence-electron chi connectivity index (χ3n) is 4.84. The molecule has 2 heterocycles. The van der Waals surface area contributed by atoms with E-state index < -0.39 is 9.84 Å². The van der Waals surface area contributed by atoms with Gasteiger partial charge in [0, 0.05) is 13.0 Å². The highest BCUT2D eigenvalue weighted by Crippen LogP contribution is 2.35. The molecule has 0 saturated carbocycles. The van der Waals surface area contributed by atoms with Gasteiger partial charge in [0.15, 0.2) is 9.84 Å². The summed E-state index contributed by atoms with van der Waals surface area (Å²) in [6.07, 6.45) is 2.89. The number of methoxy groups -OCH3 is 1. The van der Waals surface area contributed by atoms with Gasteiger partial charge in [0.2, 0.25) is 5.91 Å². The van der Waals surface area contributed by atoms with Gasteiger partial charge in [0.05, 0.1) is 24.7 Å². The fourth-order valence-electron chi connectivity index (χ4n) is 3.66. The molecule has 3 rings (SSSR count). The summed E-state index contributed by atoms with van der Waals surface area (Å²) in [5.41, 5.74) is 1.09. The van der Waals surface area contributed by atoms with Crippen molar-refractivity contribution < 1.29 is 17.9 Å². The van der Waals surface area contributed by atoms with Gasteiger partial charge in [0.1, 0.15) is 5.75 Å². The molecular weight excluding hydrogens is 314 g/mol. The van der Waals surface area contributed by atoms with Gasteiger partial charge in [-0.1, -0.05) is 12.1 Å². The average Bonchev–Trinajstić information content (AvgIpc) is 3.14. The van der Waals surface area contributed by atoms with Crippen molar-refractivity contribution in [2.75, 3.05) is 25.2 Å². The lowest BCUT2D eigenvalue weighted by Crippen LogP contribution is -2.32. The van der Waals surface area contributed by atoms with Crippen molar-refractivity contribution in [3.05, 3.63) is 29.8 Å². The lowest BCUT2D eigenvalue weighted by Gasteiger charge is -2.26. The molecule has 2 fully saturated rings. The van der Waals surface area contributed by atoms with Crippen LogP contribution in [0.4, 0.5) is 0 Å². The zero-order valence-electron chi connectivity index (χ0n) is 13.4. The first-order chi connectivity index (χ1) is 11.0. The fourth-order valence-corrected chi connectivity index (χ4v) is 5.52. The summed E-state index contributed by atoms with van der Waals surface area (Å²) in [6.45, 7) is 0.750. The first-order valence-electron chi connectivity index (χ1n) is 8.12. The third kappa shape index (κ3) is 3.68. The quantitative estimate of drug-likeness (QED) is 0.845. The van der Waals surface area contributed by atoms with Crippen molar-refractivity contribution in [3.8, 4) is 5.75 Å². The third-order valence-corrected chi connectivity index (χ3v) is 6.68. The van der Waals surface area contributed by atoms with Gasteiger partial charge in [-0.2, -0.15) is 0 Å². The first kappa shape index (κ1) is 16.3. The van der Waals surface area contributed by atoms with Crippen molar-refractivity contribution in [1.29, 1.82) is 0 Å². The smallest absolute Gasteiger partial charge is 0.223 e. The minimum absolute atomic E-state index is 0.0148. The van der Waals surface area contributed by atoms with Crippen molar-refractivity contribution in [2.24, 2.45) is 5.92 Å². The predicted molar refractivity (Wildman–Crippen MR) is 88.1 cm³/mol. The second-order valence-corrected chi connectivity index (χ2v) is 8.72. The molecule has 6 heteroatoms. The molecule has 2 saturated heterocycles. The molecule has 0 radical (unpaired) electrons. The molecule has 126 valence electrons. The van der Waals surface area contributed by atoms with E-state index in [1.807, 2.05) is 29.2 Å². The molecule has 0 aliphatic carbocycles. The van der Waals surface area contributed by atoms with E-state index in [0.29, 0.717) is 12.8 Å². The molecule has 1 aromatic rings. The number of rotatable bonds is 4. The minimum Gasteiger partial charge on any atom is -0.497 e. The molecule has 0 bridgehead atoms. The second-order valence-electron chi connectivity index (χ2n) is 6.49. The van der Waals surface area contributed by atoms with Crippen LogP contribution < -0.4 is 4.74 Å². The number of carbonyl (C=O) groups excluding carboxylic acids is 1. The molecule has 23 heavy (non-hydrogen) atoms. The SMILES string of the molecule is COc1cccc([C@H]2CCCN2C(=O)C[C@H]2CCS(=O)(=O)C2)c1. The van der Waals surface area contributed by atoms with E-state index in [9.17, 15) is 13.2 Å². The highest BCUT2D eigenvalue weighted by Gasteiger charge is 2.34. The Kier molecular flexibility index (Phi) is 4.62. The van der Waals surface area contributed by atoms with E-state index >= 15 is 0 Å². The standard InChI is InChI=1S/C17H23NO4S/c1-22-15-5-2-4-14(11-15)16-6-3-8-18(16)17(19)10-13-7-9-23(20,21)12-13/h2,4-5,11,13,16H,3,6-10,12H2,1H3/t13-,16-/m1/s1. The number of benzene rings is 1. The van der Waals surface area contributed by atoms with E-state index in [-0.39, 0.29) is 29.4 Å². The van der Waals surface area contributed by atoms with Crippen LogP contribution in [0, 0.1) is 5.92 Å². The Balaban J connectivity index is 1.69. The maximum absolute atomic E-state index is 12.7. The molecule has 5 nitrogen and oxygen atoms in total. The molecular formula is C17H23NO4S. The normalized spacial score (nSPS) is 26.4. The molecule has 0 unspecified atom stereocenters. The number of likely N-dealkylation sites (tertiary alicyclic amines) is 1. The van der Waals surface area contributed by atoms with Crippen LogP contribution in [-0.4, -0.2) is 44.4 Å². The maximum atomic E-state index is 12.7. The highest BCUT2D eigenvalue weighted by atomic mass is 32.2. The summed E-state index contributed by atoms with van der Waals surface area (Å²) < 4.78 is 28.4. The number of sulfone groups is 1. The molecule has 1 amide bonds. The first-order valence-corrected chi connectivity index (χ1v) is 9.94. The van der Waals surface area contributed by atoms with Gasteiger partial charge in [0.25, 0.3) is 0 Å². The number of hydrogen-bond acceptors (Lipinski definition) is 4. The summed E-state index contributed by atoms with van der Waals surface area (Å²) in [4.78, 5) is 14.6. The Bertz CT molecular complexity index is 686. The second kappa shape index (κ2) is 6.51. The Hall–Kier alpha value is -1.56. The van der Waals surface area contributed by atoms with E-state index in [0.717, 1.165) is 30.7 Å². The molecule has 0 aromatic heterocycles. The minimum atomic E-state index is -2.93. The number of ether oxygens (including phenoxy) is 1. The Morgan fingerprint density at radius 3 is 2.87 bits per heavy atom. The monoisotopic (exact) mass is 337 g/mol. The fraction of sp³-hybridized carbons (Fsp3) is 0.588. The van der Waals surface area contributed by atoms with Gasteiger partial charge in [-0.15, -0.1) is 0 Å². The van der Waals surface area contributed by atoms with Crippen molar-refractivity contribution in [3.63, 3.8) is 0 Å². The maximum Gasteiger partial charge on any atom is 0.223 e. The topological polar surface area (TPSA) is 63.7 Å². The van der Waals surface area contributed by atoms with Crippen LogP contribution >= 0.6 is 0 Å². The zero-order chi connectivity index (χ0) is 16.4. The van der Waals surface area contributed by atoms with Crippen LogP contribution in [0.5, 0.6) is 5.75 Å². The van der Waals surface area contributed by atoms with Crippen LogP contribution in [0.2, 0.25) is 0 Å². The van der Waals surface area contributed by atoms with Crippen LogP contribution in [0.1, 0.15) is 37.3 Å². The number of nitrogens with zero attached hydrogens (tertiary/aromatic N) is 1. The van der Waals surface area contributed by atoms with E-state index in [1.165, 1.54) is 0 Å². The summed E-state index contributed by atoms with van der Waals surface area (Å²) in [6, 6.07) is 7.93. The molecule has 2 aliphatic heterocycles. The van der Waals surface area contributed by atoms with Gasteiger partial charge in [-0.3, -0.25) is 4.79 Å². The van der Waals surface area contributed by atoms with Crippen molar-refractivity contribution in [2.45, 2.75) is 31.7 Å². The van der Waals surface area contributed by atoms with E-state index in [4.69, 9.17) is 4.74 Å². The molecule has 0 spiro atoms. The van der Waals surface area contributed by atoms with E-state index in [1.54, 1.807) is 7.11 Å². The van der Waals surface area contributed by atoms with Gasteiger partial charge in [-0.05, 0) is 42.9 Å². The number of hydrogen-bond donors (Lipinski definition) is 0. The van der Waals surface area contributed by atoms with Crippen LogP contribution in [0.25, 0.3) is 0 Å². The number of carbonyl (C=O) groups is 1. The van der Waals surface area contributed by atoms with Crippen LogP contribution in [0.15, 0.2) is 24.3 Å². The van der Waals surface area contributed by atoms with Gasteiger partial charge < -0.3 is 9.64 Å². The number of amides is 1. The Morgan fingerprint density at radius 1 is 1.35 bits per heavy atom. The lowest BCUT2D eigenvalue weighted by molar-refractivity contribution is -0.133. The van der Waals surface area contributed by atoms with Gasteiger partial charge in [-0.25, -0.2) is 8.42 Å². The van der Waals surface area contributed by atoms with Crippen LogP contribution in [0.3, 0.4) is 0 Å². The van der Waals surface area contributed by atoms with E-state index in [2.05, 4.69) is 0 Å². The highest BCUT2D eigenvalue weighted by molar-refractivity contribution is 7.91. The summed E-state index contributed by atoms with van der Waals surface area (Å²) in [5, 5.41) is 0. The molecule has 2 atom stereocenters. The molecule has 2 aliphatic rings. The largest absolute Gasteiger partial charge is 0.497 e. The summed E-state index contributed by atoms with van der Waals surface area (Å²) in [7, 11) is -1.29. The summed E-state index contributed by atoms with van der Waals surface area (Å²) in [5.74, 6) is 1.25. The van der Waals surface area contributed by atoms with Crippen molar-refractivity contribution >= 4 is 15.7 Å². The molecule has 0 N–H and O–H groups in total. The predicted octanol–water partition coefficient (Wildman–Crippen LogP) is 2.18. The summed E-state index contributed by atoms with van der Waals surface area (Å²) >= 11 is 0. The van der Waals surface area contributed by atoms with Crippen LogP contribution in [-0.2, 0) is 14.6 Å². The Morgan fingerprint density at radius 2 is 2.17 bits per heavy atom. The lowest BCUT2D eigenvalue weighted by atomic mass is 10.0. The zero-order valence-corrected chi connectivity index (χ0v) is 14.2. The average molecular weight is 337 g/mol. The van der Waals surface area contributed by atoms with Gasteiger partial charge >= 0.3 is 0 Å². The Labute approximate surface area is 137 Å². The van der Waals surface area contributed by atoms with Crippen molar-refractivity contribution in [1.82, 2.24) is 4.90 Å².